The normalized spacial score (nSPS) is 14.6. The Balaban J connectivity index is 1.65. The number of carboxylic acid groups (broad SMARTS) is 1. The van der Waals surface area contributed by atoms with Gasteiger partial charge in [-0.1, -0.05) is 48.4 Å². The highest BCUT2D eigenvalue weighted by atomic mass is 16.5. The number of aliphatic carboxylic acids is 1. The van der Waals surface area contributed by atoms with Crippen LogP contribution in [-0.2, 0) is 11.2 Å². The van der Waals surface area contributed by atoms with Gasteiger partial charge in [0, 0.05) is 6.42 Å². The molecule has 148 valence electrons. The number of ether oxygens (including phenoxy) is 1. The molecule has 0 heterocycles. The highest BCUT2D eigenvalue weighted by molar-refractivity contribution is 5.69. The Labute approximate surface area is 168 Å². The fourth-order valence-corrected chi connectivity index (χ4v) is 3.77. The molecule has 1 aliphatic carbocycles. The molecular weight excluding hydrogens is 348 g/mol. The van der Waals surface area contributed by atoms with Gasteiger partial charge in [-0.3, -0.25) is 4.79 Å². The molecular formula is C25H30O3. The summed E-state index contributed by atoms with van der Waals surface area (Å²) in [6.07, 6.45) is 7.67. The van der Waals surface area contributed by atoms with Gasteiger partial charge in [0.1, 0.15) is 12.4 Å². The van der Waals surface area contributed by atoms with E-state index in [1.165, 1.54) is 41.5 Å². The van der Waals surface area contributed by atoms with Crippen LogP contribution in [0.2, 0.25) is 0 Å². The van der Waals surface area contributed by atoms with Crippen molar-refractivity contribution in [2.75, 3.05) is 6.61 Å². The molecule has 0 aromatic heterocycles. The van der Waals surface area contributed by atoms with Crippen LogP contribution in [0.15, 0.2) is 54.1 Å². The maximum absolute atomic E-state index is 10.6. The Morgan fingerprint density at radius 1 is 0.964 bits per heavy atom. The quantitative estimate of drug-likeness (QED) is 0.595. The van der Waals surface area contributed by atoms with Crippen molar-refractivity contribution in [3.05, 3.63) is 70.8 Å². The molecule has 0 unspecified atom stereocenters. The summed E-state index contributed by atoms with van der Waals surface area (Å²) in [5.74, 6) is 0.142. The van der Waals surface area contributed by atoms with E-state index >= 15 is 0 Å². The molecule has 0 fully saturated rings. The van der Waals surface area contributed by atoms with E-state index < -0.39 is 5.97 Å². The second-order valence-electron chi connectivity index (χ2n) is 7.69. The Bertz CT molecular complexity index is 801. The van der Waals surface area contributed by atoms with Crippen molar-refractivity contribution < 1.29 is 14.6 Å². The lowest BCUT2D eigenvalue weighted by Gasteiger charge is -2.15. The second-order valence-corrected chi connectivity index (χ2v) is 7.69. The minimum Gasteiger partial charge on any atom is -0.489 e. The zero-order valence-corrected chi connectivity index (χ0v) is 16.7. The molecule has 0 saturated carbocycles. The molecule has 1 aliphatic rings. The lowest BCUT2D eigenvalue weighted by atomic mass is 9.95. The summed E-state index contributed by atoms with van der Waals surface area (Å²) in [6.45, 7) is 2.77. The van der Waals surface area contributed by atoms with Gasteiger partial charge in [-0.25, -0.2) is 0 Å². The largest absolute Gasteiger partial charge is 0.489 e. The Morgan fingerprint density at radius 2 is 1.68 bits per heavy atom. The predicted molar refractivity (Wildman–Crippen MR) is 114 cm³/mol. The third-order valence-corrected chi connectivity index (χ3v) is 5.42. The average Bonchev–Trinajstić information content (AvgIpc) is 2.93. The minimum atomic E-state index is -0.735. The monoisotopic (exact) mass is 378 g/mol. The van der Waals surface area contributed by atoms with E-state index in [0.717, 1.165) is 30.6 Å². The molecule has 28 heavy (non-hydrogen) atoms. The van der Waals surface area contributed by atoms with Gasteiger partial charge >= 0.3 is 5.97 Å². The maximum atomic E-state index is 10.6. The van der Waals surface area contributed by atoms with Gasteiger partial charge in [0.2, 0.25) is 0 Å². The average molecular weight is 379 g/mol. The van der Waals surface area contributed by atoms with Crippen LogP contribution in [0.3, 0.4) is 0 Å². The molecule has 3 heteroatoms. The second kappa shape index (κ2) is 10.1. The van der Waals surface area contributed by atoms with E-state index in [0.29, 0.717) is 13.0 Å². The third kappa shape index (κ3) is 5.98. The fraction of sp³-hybridized carbons (Fsp3) is 0.400. The summed E-state index contributed by atoms with van der Waals surface area (Å²) in [6, 6.07) is 16.9. The lowest BCUT2D eigenvalue weighted by molar-refractivity contribution is -0.137. The van der Waals surface area contributed by atoms with Gasteiger partial charge in [-0.15, -0.1) is 0 Å². The maximum Gasteiger partial charge on any atom is 0.303 e. The highest BCUT2D eigenvalue weighted by Gasteiger charge is 2.14. The molecule has 3 rings (SSSR count). The molecule has 2 aromatic rings. The first-order chi connectivity index (χ1) is 13.6. The summed E-state index contributed by atoms with van der Waals surface area (Å²) in [7, 11) is 0. The molecule has 0 saturated heterocycles. The molecule has 0 aliphatic heterocycles. The Hall–Kier alpha value is -2.55. The van der Waals surface area contributed by atoms with Crippen molar-refractivity contribution in [1.82, 2.24) is 0 Å². The summed E-state index contributed by atoms with van der Waals surface area (Å²) in [4.78, 5) is 10.6. The molecule has 0 spiro atoms. The number of hydrogen-bond acceptors (Lipinski definition) is 2. The molecule has 0 atom stereocenters. The van der Waals surface area contributed by atoms with E-state index in [9.17, 15) is 4.79 Å². The zero-order chi connectivity index (χ0) is 19.8. The number of carboxylic acids is 1. The lowest BCUT2D eigenvalue weighted by Crippen LogP contribution is -2.04. The van der Waals surface area contributed by atoms with Gasteiger partial charge in [0.05, 0.1) is 0 Å². The van der Waals surface area contributed by atoms with Crippen molar-refractivity contribution in [3.63, 3.8) is 0 Å². The Morgan fingerprint density at radius 3 is 2.39 bits per heavy atom. The number of rotatable bonds is 8. The molecule has 2 aromatic carbocycles. The third-order valence-electron chi connectivity index (χ3n) is 5.42. The molecule has 3 nitrogen and oxygen atoms in total. The van der Waals surface area contributed by atoms with Crippen LogP contribution in [0.1, 0.15) is 61.6 Å². The number of aryl methyl sites for hydroxylation is 2. The van der Waals surface area contributed by atoms with Crippen LogP contribution in [-0.4, -0.2) is 17.7 Å². The highest BCUT2D eigenvalue weighted by Crippen LogP contribution is 2.32. The van der Waals surface area contributed by atoms with Gasteiger partial charge in [-0.05, 0) is 79.9 Å². The Kier molecular flexibility index (Phi) is 7.30. The van der Waals surface area contributed by atoms with E-state index in [1.54, 1.807) is 0 Å². The molecule has 1 N–H and O–H groups in total. The fourth-order valence-electron chi connectivity index (χ4n) is 3.77. The summed E-state index contributed by atoms with van der Waals surface area (Å²) >= 11 is 0. The van der Waals surface area contributed by atoms with Crippen molar-refractivity contribution in [1.29, 1.82) is 0 Å². The van der Waals surface area contributed by atoms with E-state index in [1.807, 2.05) is 24.3 Å². The number of benzene rings is 2. The van der Waals surface area contributed by atoms with Gasteiger partial charge in [0.15, 0.2) is 0 Å². The van der Waals surface area contributed by atoms with Crippen LogP contribution >= 0.6 is 0 Å². The summed E-state index contributed by atoms with van der Waals surface area (Å²) < 4.78 is 6.12. The van der Waals surface area contributed by atoms with Crippen LogP contribution in [0.5, 0.6) is 5.75 Å². The van der Waals surface area contributed by atoms with Crippen LogP contribution < -0.4 is 4.74 Å². The molecule has 0 radical (unpaired) electrons. The van der Waals surface area contributed by atoms with Crippen LogP contribution in [0, 0.1) is 6.92 Å². The van der Waals surface area contributed by atoms with Crippen LogP contribution in [0.25, 0.3) is 5.57 Å². The summed E-state index contributed by atoms with van der Waals surface area (Å²) in [5, 5.41) is 8.74. The van der Waals surface area contributed by atoms with Crippen molar-refractivity contribution in [2.45, 2.75) is 58.3 Å². The minimum absolute atomic E-state index is 0.216. The smallest absolute Gasteiger partial charge is 0.303 e. The first kappa shape index (κ1) is 20.2. The first-order valence-electron chi connectivity index (χ1n) is 10.3. The number of allylic oxidation sites excluding steroid dienone is 1. The standard InChI is InChI=1S/C25H30O3/c1-19-10-14-21(15-11-19)24-8-4-2-3-7-22(24)18-28-23-16-12-20(13-17-23)6-5-9-25(26)27/h10-17H,2-9,18H2,1H3,(H,26,27). The van der Waals surface area contributed by atoms with Crippen molar-refractivity contribution >= 4 is 11.5 Å². The summed E-state index contributed by atoms with van der Waals surface area (Å²) in [5.41, 5.74) is 6.66. The number of hydrogen-bond donors (Lipinski definition) is 1. The van der Waals surface area contributed by atoms with Crippen LogP contribution in [0.4, 0.5) is 0 Å². The topological polar surface area (TPSA) is 46.5 Å². The van der Waals surface area contributed by atoms with E-state index in [-0.39, 0.29) is 6.42 Å². The first-order valence-corrected chi connectivity index (χ1v) is 10.3. The SMILES string of the molecule is Cc1ccc(C2=C(COc3ccc(CCCC(=O)O)cc3)CCCCC2)cc1. The van der Waals surface area contributed by atoms with Gasteiger partial charge in [0.25, 0.3) is 0 Å². The van der Waals surface area contributed by atoms with E-state index in [2.05, 4.69) is 31.2 Å². The zero-order valence-electron chi connectivity index (χ0n) is 16.7. The van der Waals surface area contributed by atoms with Gasteiger partial charge in [-0.2, -0.15) is 0 Å². The number of carbonyl (C=O) groups is 1. The van der Waals surface area contributed by atoms with Crippen molar-refractivity contribution in [3.8, 4) is 5.75 Å². The van der Waals surface area contributed by atoms with E-state index in [4.69, 9.17) is 9.84 Å². The molecule has 0 amide bonds. The predicted octanol–water partition coefficient (Wildman–Crippen LogP) is 6.20. The van der Waals surface area contributed by atoms with Crippen molar-refractivity contribution in [2.24, 2.45) is 0 Å². The van der Waals surface area contributed by atoms with Gasteiger partial charge < -0.3 is 9.84 Å². The molecule has 0 bridgehead atoms.